The standard InChI is InChI=1S/C19H16N2O4S2/c1-12(22)15-4-2-3-5-16(15)21-17(23)9-25-18(24)8-14-11-27-19(20-14)13-6-7-26-10-13/h2-7,10-11H,8-9H2,1H3,(H,21,23). The zero-order valence-corrected chi connectivity index (χ0v) is 16.1. The second kappa shape index (κ2) is 8.70. The highest BCUT2D eigenvalue weighted by Gasteiger charge is 2.14. The van der Waals surface area contributed by atoms with Gasteiger partial charge in [0.25, 0.3) is 5.91 Å². The molecule has 0 unspecified atom stereocenters. The lowest BCUT2D eigenvalue weighted by Crippen LogP contribution is -2.22. The number of nitrogens with zero attached hydrogens (tertiary/aromatic N) is 1. The first-order valence-electron chi connectivity index (χ1n) is 8.05. The molecule has 0 aliphatic rings. The molecule has 27 heavy (non-hydrogen) atoms. The molecule has 3 aromatic rings. The van der Waals surface area contributed by atoms with Gasteiger partial charge in [-0.05, 0) is 30.5 Å². The smallest absolute Gasteiger partial charge is 0.312 e. The van der Waals surface area contributed by atoms with Crippen LogP contribution >= 0.6 is 22.7 Å². The lowest BCUT2D eigenvalue weighted by Gasteiger charge is -2.09. The number of esters is 1. The Morgan fingerprint density at radius 3 is 2.70 bits per heavy atom. The van der Waals surface area contributed by atoms with E-state index in [4.69, 9.17) is 4.74 Å². The first-order valence-corrected chi connectivity index (χ1v) is 9.87. The van der Waals surface area contributed by atoms with E-state index in [1.165, 1.54) is 18.3 Å². The van der Waals surface area contributed by atoms with Gasteiger partial charge in [0, 0.05) is 21.9 Å². The minimum atomic E-state index is -0.535. The van der Waals surface area contributed by atoms with E-state index in [1.807, 2.05) is 16.8 Å². The van der Waals surface area contributed by atoms with Crippen molar-refractivity contribution in [2.75, 3.05) is 11.9 Å². The van der Waals surface area contributed by atoms with Crippen molar-refractivity contribution in [3.05, 3.63) is 57.7 Å². The molecular formula is C19H16N2O4S2. The van der Waals surface area contributed by atoms with Crippen LogP contribution in [0.5, 0.6) is 0 Å². The monoisotopic (exact) mass is 400 g/mol. The number of ether oxygens (including phenoxy) is 1. The van der Waals surface area contributed by atoms with Crippen molar-refractivity contribution in [2.24, 2.45) is 0 Å². The topological polar surface area (TPSA) is 85.4 Å². The number of thiazole rings is 1. The number of aromatic nitrogens is 1. The summed E-state index contributed by atoms with van der Waals surface area (Å²) in [4.78, 5) is 39.9. The maximum absolute atomic E-state index is 12.0. The molecule has 0 saturated heterocycles. The van der Waals surface area contributed by atoms with Crippen LogP contribution in [0.3, 0.4) is 0 Å². The Bertz CT molecular complexity index is 964. The van der Waals surface area contributed by atoms with E-state index in [9.17, 15) is 14.4 Å². The Labute approximate surface area is 163 Å². The van der Waals surface area contributed by atoms with Crippen molar-refractivity contribution >= 4 is 46.0 Å². The predicted octanol–water partition coefficient (Wildman–Crippen LogP) is 3.80. The average Bonchev–Trinajstić information content (AvgIpc) is 3.32. The molecular weight excluding hydrogens is 384 g/mol. The number of thiophene rings is 1. The summed E-state index contributed by atoms with van der Waals surface area (Å²) in [5.74, 6) is -1.20. The molecule has 0 atom stereocenters. The molecule has 8 heteroatoms. The summed E-state index contributed by atoms with van der Waals surface area (Å²) in [6.07, 6.45) is -0.00203. The van der Waals surface area contributed by atoms with Crippen LogP contribution in [0.2, 0.25) is 0 Å². The lowest BCUT2D eigenvalue weighted by atomic mass is 10.1. The molecule has 6 nitrogen and oxygen atoms in total. The molecule has 138 valence electrons. The second-order valence-corrected chi connectivity index (χ2v) is 7.28. The molecule has 0 aliphatic heterocycles. The number of anilines is 1. The normalized spacial score (nSPS) is 10.4. The average molecular weight is 400 g/mol. The summed E-state index contributed by atoms with van der Waals surface area (Å²) in [5.41, 5.74) is 2.42. The van der Waals surface area contributed by atoms with Gasteiger partial charge in [0.1, 0.15) is 5.01 Å². The number of hydrogen-bond donors (Lipinski definition) is 1. The molecule has 0 fully saturated rings. The molecule has 0 bridgehead atoms. The fraction of sp³-hybridized carbons (Fsp3) is 0.158. The van der Waals surface area contributed by atoms with Crippen molar-refractivity contribution in [2.45, 2.75) is 13.3 Å². The van der Waals surface area contributed by atoms with Crippen molar-refractivity contribution in [3.8, 4) is 10.6 Å². The van der Waals surface area contributed by atoms with Crippen LogP contribution in [-0.4, -0.2) is 29.3 Å². The number of benzene rings is 1. The van der Waals surface area contributed by atoms with Gasteiger partial charge in [-0.2, -0.15) is 11.3 Å². The third kappa shape index (κ3) is 5.08. The Morgan fingerprint density at radius 1 is 1.15 bits per heavy atom. The fourth-order valence-corrected chi connectivity index (χ4v) is 3.87. The summed E-state index contributed by atoms with van der Waals surface area (Å²) >= 11 is 3.04. The number of para-hydroxylation sites is 1. The molecule has 3 rings (SSSR count). The van der Waals surface area contributed by atoms with Gasteiger partial charge in [-0.15, -0.1) is 11.3 Å². The lowest BCUT2D eigenvalue weighted by molar-refractivity contribution is -0.146. The van der Waals surface area contributed by atoms with Crippen molar-refractivity contribution in [1.82, 2.24) is 4.98 Å². The van der Waals surface area contributed by atoms with E-state index in [0.29, 0.717) is 16.9 Å². The van der Waals surface area contributed by atoms with Crippen LogP contribution in [-0.2, 0) is 20.7 Å². The molecule has 2 heterocycles. The summed E-state index contributed by atoms with van der Waals surface area (Å²) in [6.45, 7) is 0.996. The number of nitrogens with one attached hydrogen (secondary N) is 1. The van der Waals surface area contributed by atoms with Gasteiger partial charge in [0.2, 0.25) is 0 Å². The molecule has 0 spiro atoms. The van der Waals surface area contributed by atoms with Gasteiger partial charge in [-0.25, -0.2) is 4.98 Å². The highest BCUT2D eigenvalue weighted by atomic mass is 32.1. The van der Waals surface area contributed by atoms with Gasteiger partial charge in [-0.3, -0.25) is 14.4 Å². The summed E-state index contributed by atoms with van der Waals surface area (Å²) in [5, 5.41) is 9.19. The fourth-order valence-electron chi connectivity index (χ4n) is 2.34. The number of carbonyl (C=O) groups excluding carboxylic acids is 3. The van der Waals surface area contributed by atoms with Crippen LogP contribution in [0.15, 0.2) is 46.5 Å². The molecule has 2 aromatic heterocycles. The Balaban J connectivity index is 1.51. The van der Waals surface area contributed by atoms with Crippen LogP contribution in [0.1, 0.15) is 23.0 Å². The maximum atomic E-state index is 12.0. The minimum Gasteiger partial charge on any atom is -0.455 e. The largest absolute Gasteiger partial charge is 0.455 e. The number of carbonyl (C=O) groups is 3. The molecule has 0 aliphatic carbocycles. The number of ketones is 1. The summed E-state index contributed by atoms with van der Waals surface area (Å²) in [7, 11) is 0. The number of hydrogen-bond acceptors (Lipinski definition) is 7. The van der Waals surface area contributed by atoms with Gasteiger partial charge >= 0.3 is 5.97 Å². The van der Waals surface area contributed by atoms with Crippen LogP contribution in [0.25, 0.3) is 10.6 Å². The summed E-state index contributed by atoms with van der Waals surface area (Å²) < 4.78 is 5.01. The first-order chi connectivity index (χ1) is 13.0. The third-order valence-electron chi connectivity index (χ3n) is 3.59. The highest BCUT2D eigenvalue weighted by molar-refractivity contribution is 7.14. The van der Waals surface area contributed by atoms with E-state index in [1.54, 1.807) is 41.0 Å². The van der Waals surface area contributed by atoms with Crippen LogP contribution in [0.4, 0.5) is 5.69 Å². The Morgan fingerprint density at radius 2 is 1.96 bits per heavy atom. The minimum absolute atomic E-state index is 0.00203. The first kappa shape index (κ1) is 18.9. The molecule has 0 saturated carbocycles. The van der Waals surface area contributed by atoms with E-state index in [-0.39, 0.29) is 12.2 Å². The zero-order chi connectivity index (χ0) is 19.2. The second-order valence-electron chi connectivity index (χ2n) is 5.64. The Hall–Kier alpha value is -2.84. The van der Waals surface area contributed by atoms with Gasteiger partial charge < -0.3 is 10.1 Å². The van der Waals surface area contributed by atoms with E-state index >= 15 is 0 Å². The maximum Gasteiger partial charge on any atom is 0.312 e. The van der Waals surface area contributed by atoms with Gasteiger partial charge in [-0.1, -0.05) is 12.1 Å². The number of amides is 1. The van der Waals surface area contributed by atoms with Crippen molar-refractivity contribution in [1.29, 1.82) is 0 Å². The van der Waals surface area contributed by atoms with E-state index in [2.05, 4.69) is 10.3 Å². The highest BCUT2D eigenvalue weighted by Crippen LogP contribution is 2.25. The molecule has 1 aromatic carbocycles. The van der Waals surface area contributed by atoms with Crippen LogP contribution in [0, 0.1) is 0 Å². The van der Waals surface area contributed by atoms with Crippen molar-refractivity contribution in [3.63, 3.8) is 0 Å². The third-order valence-corrected chi connectivity index (χ3v) is 5.21. The van der Waals surface area contributed by atoms with Gasteiger partial charge in [0.15, 0.2) is 12.4 Å². The molecule has 1 amide bonds. The SMILES string of the molecule is CC(=O)c1ccccc1NC(=O)COC(=O)Cc1csc(-c2ccsc2)n1. The quantitative estimate of drug-likeness (QED) is 0.482. The number of Topliss-reactive ketones (excluding diaryl/α,β-unsaturated/α-hetero) is 1. The number of rotatable bonds is 7. The molecule has 0 radical (unpaired) electrons. The van der Waals surface area contributed by atoms with Crippen LogP contribution < -0.4 is 5.32 Å². The van der Waals surface area contributed by atoms with Gasteiger partial charge in [0.05, 0.1) is 17.8 Å². The van der Waals surface area contributed by atoms with E-state index < -0.39 is 18.5 Å². The summed E-state index contributed by atoms with van der Waals surface area (Å²) in [6, 6.07) is 8.63. The van der Waals surface area contributed by atoms with Crippen molar-refractivity contribution < 1.29 is 19.1 Å². The molecule has 1 N–H and O–H groups in total. The predicted molar refractivity (Wildman–Crippen MR) is 105 cm³/mol. The Kier molecular flexibility index (Phi) is 6.10. The zero-order valence-electron chi connectivity index (χ0n) is 14.4. The van der Waals surface area contributed by atoms with E-state index in [0.717, 1.165) is 10.6 Å².